The maximum Gasteiger partial charge on any atom is 0.255 e. The highest BCUT2D eigenvalue weighted by Gasteiger charge is 2.22. The second kappa shape index (κ2) is 7.39. The number of hydrogen-bond donors (Lipinski definition) is 1. The monoisotopic (exact) mass is 275 g/mol. The second-order valence-corrected chi connectivity index (χ2v) is 5.58. The molecular weight excluding hydrogens is 250 g/mol. The van der Waals surface area contributed by atoms with E-state index in [9.17, 15) is 4.79 Å². The van der Waals surface area contributed by atoms with Crippen LogP contribution >= 0.6 is 0 Å². The molecule has 1 aromatic rings. The zero-order valence-electron chi connectivity index (χ0n) is 12.6. The van der Waals surface area contributed by atoms with E-state index in [2.05, 4.69) is 17.2 Å². The number of nitrogens with one attached hydrogen (secondary N) is 1. The van der Waals surface area contributed by atoms with E-state index in [0.29, 0.717) is 5.92 Å². The fraction of sp³-hybridized carbons (Fsp3) is 0.625. The third-order valence-corrected chi connectivity index (χ3v) is 3.96. The van der Waals surface area contributed by atoms with Gasteiger partial charge in [0.15, 0.2) is 0 Å². The molecule has 4 heteroatoms. The maximum atomic E-state index is 12.7. The van der Waals surface area contributed by atoms with Gasteiger partial charge in [-0.15, -0.1) is 0 Å². The van der Waals surface area contributed by atoms with Crippen molar-refractivity contribution >= 4 is 5.91 Å². The molecule has 1 aromatic heterocycles. The number of pyridine rings is 1. The molecule has 0 saturated carbocycles. The minimum absolute atomic E-state index is 0.135. The van der Waals surface area contributed by atoms with E-state index in [1.807, 2.05) is 24.0 Å². The molecule has 2 heterocycles. The average Bonchev–Trinajstić information content (AvgIpc) is 2.48. The first-order valence-corrected chi connectivity index (χ1v) is 7.64. The molecule has 1 aliphatic heterocycles. The summed E-state index contributed by atoms with van der Waals surface area (Å²) >= 11 is 0. The summed E-state index contributed by atoms with van der Waals surface area (Å²) in [6.45, 7) is 7.88. The Kier molecular flexibility index (Phi) is 5.53. The standard InChI is InChI=1S/C16H25N3O/c1-3-11-19(12-14-6-9-17-10-7-14)16(20)15-5-4-8-18-13(15)2/h4-5,8,14,17H,3,6-7,9-12H2,1-2H3. The summed E-state index contributed by atoms with van der Waals surface area (Å²) in [4.78, 5) is 18.9. The van der Waals surface area contributed by atoms with Gasteiger partial charge in [0.25, 0.3) is 5.91 Å². The number of hydrogen-bond acceptors (Lipinski definition) is 3. The molecule has 0 radical (unpaired) electrons. The van der Waals surface area contributed by atoms with Crippen molar-refractivity contribution in [1.82, 2.24) is 15.2 Å². The fourth-order valence-electron chi connectivity index (χ4n) is 2.80. The summed E-state index contributed by atoms with van der Waals surface area (Å²) in [7, 11) is 0. The van der Waals surface area contributed by atoms with Crippen molar-refractivity contribution in [3.63, 3.8) is 0 Å². The zero-order chi connectivity index (χ0) is 14.4. The van der Waals surface area contributed by atoms with Crippen LogP contribution in [0.5, 0.6) is 0 Å². The molecule has 0 atom stereocenters. The molecule has 0 spiro atoms. The van der Waals surface area contributed by atoms with Gasteiger partial charge in [0.05, 0.1) is 5.56 Å². The van der Waals surface area contributed by atoms with Crippen LogP contribution in [0.3, 0.4) is 0 Å². The van der Waals surface area contributed by atoms with Crippen molar-refractivity contribution in [3.05, 3.63) is 29.6 Å². The Hall–Kier alpha value is -1.42. The first kappa shape index (κ1) is 15.0. The lowest BCUT2D eigenvalue weighted by Gasteiger charge is -2.30. The van der Waals surface area contributed by atoms with Gasteiger partial charge in [-0.05, 0) is 57.3 Å². The Bertz CT molecular complexity index is 441. The van der Waals surface area contributed by atoms with Crippen molar-refractivity contribution in [2.24, 2.45) is 5.92 Å². The molecule has 110 valence electrons. The minimum atomic E-state index is 0.135. The van der Waals surface area contributed by atoms with E-state index in [-0.39, 0.29) is 5.91 Å². The molecule has 0 aliphatic carbocycles. The average molecular weight is 275 g/mol. The Morgan fingerprint density at radius 2 is 2.20 bits per heavy atom. The molecule has 2 rings (SSSR count). The Morgan fingerprint density at radius 1 is 1.45 bits per heavy atom. The normalized spacial score (nSPS) is 16.1. The van der Waals surface area contributed by atoms with Crippen LogP contribution in [0.15, 0.2) is 18.3 Å². The quantitative estimate of drug-likeness (QED) is 0.896. The zero-order valence-corrected chi connectivity index (χ0v) is 12.6. The first-order valence-electron chi connectivity index (χ1n) is 7.64. The van der Waals surface area contributed by atoms with E-state index in [4.69, 9.17) is 0 Å². The predicted molar refractivity (Wildman–Crippen MR) is 80.8 cm³/mol. The third kappa shape index (κ3) is 3.79. The fourth-order valence-corrected chi connectivity index (χ4v) is 2.80. The van der Waals surface area contributed by atoms with Gasteiger partial charge in [-0.1, -0.05) is 6.92 Å². The van der Waals surface area contributed by atoms with Gasteiger partial charge in [-0.25, -0.2) is 0 Å². The van der Waals surface area contributed by atoms with Crippen molar-refractivity contribution in [2.75, 3.05) is 26.2 Å². The highest BCUT2D eigenvalue weighted by atomic mass is 16.2. The van der Waals surface area contributed by atoms with Crippen LogP contribution in [0.1, 0.15) is 42.2 Å². The van der Waals surface area contributed by atoms with Crippen molar-refractivity contribution < 1.29 is 4.79 Å². The summed E-state index contributed by atoms with van der Waals surface area (Å²) in [6, 6.07) is 3.73. The van der Waals surface area contributed by atoms with E-state index >= 15 is 0 Å². The molecule has 0 bridgehead atoms. The number of carbonyl (C=O) groups is 1. The molecule has 1 N–H and O–H groups in total. The molecule has 0 aromatic carbocycles. The summed E-state index contributed by atoms with van der Waals surface area (Å²) in [5.74, 6) is 0.764. The lowest BCUT2D eigenvalue weighted by atomic mass is 9.97. The predicted octanol–water partition coefficient (Wildman–Crippen LogP) is 2.24. The maximum absolute atomic E-state index is 12.7. The van der Waals surface area contributed by atoms with E-state index < -0.39 is 0 Å². The van der Waals surface area contributed by atoms with Gasteiger partial charge < -0.3 is 10.2 Å². The lowest BCUT2D eigenvalue weighted by molar-refractivity contribution is 0.0715. The molecule has 1 aliphatic rings. The van der Waals surface area contributed by atoms with E-state index in [1.54, 1.807) is 6.20 Å². The van der Waals surface area contributed by atoms with Crippen molar-refractivity contribution in [3.8, 4) is 0 Å². The number of carbonyl (C=O) groups excluding carboxylic acids is 1. The van der Waals surface area contributed by atoms with Gasteiger partial charge >= 0.3 is 0 Å². The third-order valence-electron chi connectivity index (χ3n) is 3.96. The number of amides is 1. The van der Waals surface area contributed by atoms with E-state index in [0.717, 1.165) is 43.9 Å². The SMILES string of the molecule is CCCN(CC1CCNCC1)C(=O)c1cccnc1C. The second-order valence-electron chi connectivity index (χ2n) is 5.58. The summed E-state index contributed by atoms with van der Waals surface area (Å²) < 4.78 is 0. The number of rotatable bonds is 5. The first-order chi connectivity index (χ1) is 9.72. The highest BCUT2D eigenvalue weighted by Crippen LogP contribution is 2.16. The Balaban J connectivity index is 2.07. The summed E-state index contributed by atoms with van der Waals surface area (Å²) in [5, 5.41) is 3.38. The van der Waals surface area contributed by atoms with Crippen molar-refractivity contribution in [2.45, 2.75) is 33.1 Å². The molecule has 0 unspecified atom stereocenters. The smallest absolute Gasteiger partial charge is 0.255 e. The minimum Gasteiger partial charge on any atom is -0.338 e. The molecule has 1 fully saturated rings. The molecule has 4 nitrogen and oxygen atoms in total. The molecule has 1 amide bonds. The highest BCUT2D eigenvalue weighted by molar-refractivity contribution is 5.95. The molecular formula is C16H25N3O. The van der Waals surface area contributed by atoms with Gasteiger partial charge in [0, 0.05) is 25.0 Å². The number of nitrogens with zero attached hydrogens (tertiary/aromatic N) is 2. The van der Waals surface area contributed by atoms with E-state index in [1.165, 1.54) is 12.8 Å². The Labute approximate surface area is 121 Å². The summed E-state index contributed by atoms with van der Waals surface area (Å²) in [5.41, 5.74) is 1.57. The largest absolute Gasteiger partial charge is 0.338 e. The number of aryl methyl sites for hydroxylation is 1. The van der Waals surface area contributed by atoms with Crippen LogP contribution in [-0.4, -0.2) is 42.0 Å². The Morgan fingerprint density at radius 3 is 2.85 bits per heavy atom. The topological polar surface area (TPSA) is 45.2 Å². The summed E-state index contributed by atoms with van der Waals surface area (Å²) in [6.07, 6.45) is 5.07. The number of piperidine rings is 1. The van der Waals surface area contributed by atoms with Crippen LogP contribution in [0.2, 0.25) is 0 Å². The van der Waals surface area contributed by atoms with Gasteiger partial charge in [-0.3, -0.25) is 9.78 Å². The molecule has 1 saturated heterocycles. The van der Waals surface area contributed by atoms with Gasteiger partial charge in [0.1, 0.15) is 0 Å². The van der Waals surface area contributed by atoms with Crippen molar-refractivity contribution in [1.29, 1.82) is 0 Å². The van der Waals surface area contributed by atoms with Gasteiger partial charge in [0.2, 0.25) is 0 Å². The number of aromatic nitrogens is 1. The van der Waals surface area contributed by atoms with Crippen LogP contribution in [0, 0.1) is 12.8 Å². The van der Waals surface area contributed by atoms with Crippen LogP contribution in [0.25, 0.3) is 0 Å². The lowest BCUT2D eigenvalue weighted by Crippen LogP contribution is -2.40. The van der Waals surface area contributed by atoms with Crippen LogP contribution in [-0.2, 0) is 0 Å². The van der Waals surface area contributed by atoms with Crippen LogP contribution in [0.4, 0.5) is 0 Å². The molecule has 20 heavy (non-hydrogen) atoms. The van der Waals surface area contributed by atoms with Crippen LogP contribution < -0.4 is 5.32 Å². The van der Waals surface area contributed by atoms with Gasteiger partial charge in [-0.2, -0.15) is 0 Å².